The molecule has 6 rings (SSSR count). The van der Waals surface area contributed by atoms with Crippen LogP contribution in [0.1, 0.15) is 62.3 Å². The molecule has 0 bridgehead atoms. The lowest BCUT2D eigenvalue weighted by Crippen LogP contribution is -2.64. The normalized spacial score (nSPS) is 19.6. The quantitative estimate of drug-likeness (QED) is 0.107. The monoisotopic (exact) mass is 878 g/mol. The smallest absolute Gasteiger partial charge is 0.407 e. The molecular weight excluding hydrogens is 829 g/mol. The third-order valence-corrected chi connectivity index (χ3v) is 10.6. The summed E-state index contributed by atoms with van der Waals surface area (Å²) < 4.78 is 39.8. The van der Waals surface area contributed by atoms with Crippen molar-refractivity contribution in [2.75, 3.05) is 13.2 Å². The van der Waals surface area contributed by atoms with Crippen LogP contribution >= 0.6 is 0 Å². The summed E-state index contributed by atoms with van der Waals surface area (Å²) in [5.41, 5.74) is 5.28. The van der Waals surface area contributed by atoms with E-state index in [4.69, 9.17) is 33.2 Å². The highest BCUT2D eigenvalue weighted by atomic mass is 16.7. The number of benzene rings is 4. The van der Waals surface area contributed by atoms with Crippen molar-refractivity contribution in [1.29, 1.82) is 0 Å². The van der Waals surface area contributed by atoms with E-state index in [1.165, 1.54) is 0 Å². The average molecular weight is 879 g/mol. The van der Waals surface area contributed by atoms with Gasteiger partial charge in [-0.2, -0.15) is 0 Å². The Kier molecular flexibility index (Phi) is 15.8. The average Bonchev–Trinajstić information content (AvgIpc) is 3.59. The summed E-state index contributed by atoms with van der Waals surface area (Å²) >= 11 is 0. The minimum absolute atomic E-state index is 0.00306. The first-order valence-electron chi connectivity index (χ1n) is 20.7. The highest BCUT2D eigenvalue weighted by Gasteiger charge is 2.53. The summed E-state index contributed by atoms with van der Waals surface area (Å²) in [6, 6.07) is 30.5. The van der Waals surface area contributed by atoms with Crippen molar-refractivity contribution in [2.45, 2.75) is 95.7 Å². The number of carbonyl (C=O) groups excluding carboxylic acids is 7. The zero-order chi connectivity index (χ0) is 45.8. The molecule has 0 saturated carbocycles. The van der Waals surface area contributed by atoms with Crippen molar-refractivity contribution in [3.05, 3.63) is 131 Å². The number of fused-ring (bicyclic) bond motifs is 3. The molecule has 1 saturated heterocycles. The standard InChI is InChI=1S/C48H50N2O14/c1-28(51)58-27-42-44(62-30(3)53)45(63-31(4)54)43(61-29(2)52)41(64-42)24-39(50-48(57)60-26-38-36-21-13-11-19-34(36)35-20-12-14-22-37(35)38)46(55)49-40(23-32-15-7-5-8-16-32)47(56)59-25-33-17-9-6-10-18-33/h5-22,38-45H,23-27H2,1-4H3,(H,49,55)(H,50,57)/t39-,40-,41+,42+,43-,44-,45+/m0/s1. The zero-order valence-corrected chi connectivity index (χ0v) is 35.8. The Morgan fingerprint density at radius 2 is 1.05 bits per heavy atom. The maximum absolute atomic E-state index is 14.6. The maximum Gasteiger partial charge on any atom is 0.407 e. The second-order valence-corrected chi connectivity index (χ2v) is 15.3. The van der Waals surface area contributed by atoms with E-state index in [0.717, 1.165) is 49.9 Å². The number of nitrogens with one attached hydrogen (secondary N) is 2. The SMILES string of the molecule is CC(=O)OC[C@H]1O[C@H](C[C@H](NC(=O)OCC2c3ccccc3-c3ccccc32)C(=O)N[C@@H](Cc2ccccc2)C(=O)OCc2ccccc2)[C@H](OC(C)=O)[C@@H](OC(C)=O)[C@H]1OC(C)=O. The minimum atomic E-state index is -1.60. The molecule has 1 aliphatic heterocycles. The van der Waals surface area contributed by atoms with Crippen molar-refractivity contribution in [1.82, 2.24) is 10.6 Å². The van der Waals surface area contributed by atoms with Gasteiger partial charge in [0.25, 0.3) is 0 Å². The molecule has 2 aliphatic rings. The minimum Gasteiger partial charge on any atom is -0.463 e. The van der Waals surface area contributed by atoms with Crippen LogP contribution in [0.4, 0.5) is 4.79 Å². The van der Waals surface area contributed by atoms with Crippen molar-refractivity contribution in [3.63, 3.8) is 0 Å². The topological polar surface area (TPSA) is 208 Å². The van der Waals surface area contributed by atoms with Gasteiger partial charge >= 0.3 is 35.9 Å². The number of esters is 5. The fraction of sp³-hybridized carbons (Fsp3) is 0.354. The van der Waals surface area contributed by atoms with Gasteiger partial charge in [-0.05, 0) is 33.4 Å². The van der Waals surface area contributed by atoms with Gasteiger partial charge in [-0.15, -0.1) is 0 Å². The molecule has 16 heteroatoms. The van der Waals surface area contributed by atoms with E-state index >= 15 is 0 Å². The molecule has 64 heavy (non-hydrogen) atoms. The molecule has 336 valence electrons. The predicted molar refractivity (Wildman–Crippen MR) is 227 cm³/mol. The van der Waals surface area contributed by atoms with E-state index < -0.39 is 97.5 Å². The summed E-state index contributed by atoms with van der Waals surface area (Å²) in [5, 5.41) is 5.35. The molecule has 1 aliphatic carbocycles. The predicted octanol–water partition coefficient (Wildman–Crippen LogP) is 4.88. The third kappa shape index (κ3) is 12.3. The highest BCUT2D eigenvalue weighted by Crippen LogP contribution is 2.44. The van der Waals surface area contributed by atoms with E-state index in [0.29, 0.717) is 11.1 Å². The van der Waals surface area contributed by atoms with E-state index in [1.54, 1.807) is 54.6 Å². The van der Waals surface area contributed by atoms with Crippen LogP contribution in [0.15, 0.2) is 109 Å². The molecule has 1 fully saturated rings. The maximum atomic E-state index is 14.6. The van der Waals surface area contributed by atoms with Crippen LogP contribution in [0.5, 0.6) is 0 Å². The zero-order valence-electron chi connectivity index (χ0n) is 35.8. The summed E-state index contributed by atoms with van der Waals surface area (Å²) in [4.78, 5) is 91.8. The lowest BCUT2D eigenvalue weighted by Gasteiger charge is -2.45. The number of carbonyl (C=O) groups is 7. The molecule has 7 atom stereocenters. The van der Waals surface area contributed by atoms with E-state index in [-0.39, 0.29) is 25.6 Å². The number of rotatable bonds is 17. The molecule has 2 amide bonds. The van der Waals surface area contributed by atoms with Gasteiger partial charge in [0, 0.05) is 46.5 Å². The van der Waals surface area contributed by atoms with Crippen LogP contribution in [0.3, 0.4) is 0 Å². The van der Waals surface area contributed by atoms with E-state index in [9.17, 15) is 33.6 Å². The van der Waals surface area contributed by atoms with Crippen LogP contribution in [0.25, 0.3) is 11.1 Å². The first kappa shape index (κ1) is 46.4. The van der Waals surface area contributed by atoms with Crippen LogP contribution < -0.4 is 10.6 Å². The first-order valence-corrected chi connectivity index (χ1v) is 20.7. The summed E-state index contributed by atoms with van der Waals surface area (Å²) in [5.74, 6) is -5.24. The molecule has 0 unspecified atom stereocenters. The van der Waals surface area contributed by atoms with Gasteiger partial charge in [-0.3, -0.25) is 24.0 Å². The van der Waals surface area contributed by atoms with Gasteiger partial charge in [-0.1, -0.05) is 109 Å². The number of ether oxygens (including phenoxy) is 7. The molecule has 2 N–H and O–H groups in total. The largest absolute Gasteiger partial charge is 0.463 e. The molecule has 1 heterocycles. The van der Waals surface area contributed by atoms with Gasteiger partial charge in [0.2, 0.25) is 5.91 Å². The van der Waals surface area contributed by atoms with Crippen molar-refractivity contribution >= 4 is 41.8 Å². The van der Waals surface area contributed by atoms with Gasteiger partial charge in [-0.25, -0.2) is 9.59 Å². The molecule has 16 nitrogen and oxygen atoms in total. The second kappa shape index (κ2) is 21.8. The van der Waals surface area contributed by atoms with Crippen LogP contribution in [-0.4, -0.2) is 97.7 Å². The van der Waals surface area contributed by atoms with Crippen molar-refractivity contribution in [2.24, 2.45) is 0 Å². The Hall–Kier alpha value is -7.07. The van der Waals surface area contributed by atoms with Gasteiger partial charge < -0.3 is 43.8 Å². The molecular formula is C48H50N2O14. The molecule has 0 aromatic heterocycles. The summed E-state index contributed by atoms with van der Waals surface area (Å²) in [7, 11) is 0. The Morgan fingerprint density at radius 3 is 1.61 bits per heavy atom. The van der Waals surface area contributed by atoms with Gasteiger partial charge in [0.1, 0.15) is 44.1 Å². The van der Waals surface area contributed by atoms with Crippen LogP contribution in [0, 0.1) is 0 Å². The van der Waals surface area contributed by atoms with Gasteiger partial charge in [0.05, 0.1) is 0 Å². The summed E-state index contributed by atoms with van der Waals surface area (Å²) in [6.45, 7) is 3.68. The third-order valence-electron chi connectivity index (χ3n) is 10.6. The molecule has 4 aromatic rings. The van der Waals surface area contributed by atoms with E-state index in [2.05, 4.69) is 10.6 Å². The van der Waals surface area contributed by atoms with E-state index in [1.807, 2.05) is 54.6 Å². The summed E-state index contributed by atoms with van der Waals surface area (Å²) in [6.07, 6.45) is -8.81. The van der Waals surface area contributed by atoms with Crippen molar-refractivity contribution < 1.29 is 66.7 Å². The Bertz CT molecular complexity index is 2260. The van der Waals surface area contributed by atoms with Crippen LogP contribution in [0.2, 0.25) is 0 Å². The van der Waals surface area contributed by atoms with Crippen LogP contribution in [-0.2, 0) is 75.0 Å². The second-order valence-electron chi connectivity index (χ2n) is 15.3. The number of alkyl carbamates (subject to hydrolysis) is 1. The molecule has 0 radical (unpaired) electrons. The fourth-order valence-electron chi connectivity index (χ4n) is 7.90. The molecule has 0 spiro atoms. The lowest BCUT2D eigenvalue weighted by atomic mass is 9.90. The Balaban J connectivity index is 1.32. The lowest BCUT2D eigenvalue weighted by molar-refractivity contribution is -0.253. The van der Waals surface area contributed by atoms with Gasteiger partial charge in [0.15, 0.2) is 18.3 Å². The number of hydrogen-bond acceptors (Lipinski definition) is 14. The molecule has 4 aromatic carbocycles. The number of hydrogen-bond donors (Lipinski definition) is 2. The highest BCUT2D eigenvalue weighted by molar-refractivity contribution is 5.90. The first-order chi connectivity index (χ1) is 30.8. The van der Waals surface area contributed by atoms with Crippen molar-refractivity contribution in [3.8, 4) is 11.1 Å². The fourth-order valence-corrected chi connectivity index (χ4v) is 7.90. The Morgan fingerprint density at radius 1 is 0.531 bits per heavy atom. The number of amides is 2. The Labute approximate surface area is 369 Å².